The number of aryl methyl sites for hydroxylation is 1. The van der Waals surface area contributed by atoms with Crippen LogP contribution >= 0.6 is 0 Å². The third kappa shape index (κ3) is 5.07. The van der Waals surface area contributed by atoms with E-state index in [0.29, 0.717) is 28.6 Å². The van der Waals surface area contributed by atoms with Crippen LogP contribution in [0.5, 0.6) is 11.5 Å². The van der Waals surface area contributed by atoms with Crippen LogP contribution in [-0.2, 0) is 4.79 Å². The van der Waals surface area contributed by atoms with Crippen LogP contribution in [0.3, 0.4) is 0 Å². The molecule has 1 aromatic heterocycles. The molecule has 8 nitrogen and oxygen atoms in total. The van der Waals surface area contributed by atoms with Crippen LogP contribution in [0, 0.1) is 6.92 Å². The van der Waals surface area contributed by atoms with Crippen molar-refractivity contribution in [1.82, 2.24) is 10.1 Å². The molecule has 1 aliphatic rings. The van der Waals surface area contributed by atoms with Gasteiger partial charge < -0.3 is 24.2 Å². The molecule has 1 fully saturated rings. The number of nitrogens with one attached hydrogen (secondary N) is 1. The highest BCUT2D eigenvalue weighted by Gasteiger charge is 2.30. The summed E-state index contributed by atoms with van der Waals surface area (Å²) in [5, 5.41) is 6.48. The van der Waals surface area contributed by atoms with Gasteiger partial charge in [-0.05, 0) is 31.9 Å². The largest absolute Gasteiger partial charge is 0.497 e. The van der Waals surface area contributed by atoms with Crippen molar-refractivity contribution in [2.75, 3.05) is 26.1 Å². The topological polar surface area (TPSA) is 93.9 Å². The molecule has 0 unspecified atom stereocenters. The highest BCUT2D eigenvalue weighted by Crippen LogP contribution is 2.29. The molecular weight excluding hydrogens is 374 g/mol. The number of methoxy groups -OCH3 is 2. The molecule has 1 heterocycles. The molecule has 1 saturated carbocycles. The second-order valence-corrected chi connectivity index (χ2v) is 7.16. The molecule has 156 valence electrons. The van der Waals surface area contributed by atoms with Crippen molar-refractivity contribution >= 4 is 17.6 Å². The summed E-state index contributed by atoms with van der Waals surface area (Å²) in [5.74, 6) is 1.41. The number of aromatic nitrogens is 1. The van der Waals surface area contributed by atoms with Crippen LogP contribution in [0.1, 0.15) is 48.2 Å². The standard InChI is InChI=1S/C21H27N3O5/c1-14-11-19(23-29-14)22-20(25)13-24(15-7-5-4-6-8-15)21(26)17-10-9-16(27-2)12-18(17)28-3/h9-12,15H,4-8,13H2,1-3H3,(H,22,23,25). The van der Waals surface area contributed by atoms with E-state index in [1.165, 1.54) is 7.11 Å². The van der Waals surface area contributed by atoms with E-state index >= 15 is 0 Å². The van der Waals surface area contributed by atoms with Crippen molar-refractivity contribution in [1.29, 1.82) is 0 Å². The number of amides is 2. The Morgan fingerprint density at radius 2 is 1.93 bits per heavy atom. The van der Waals surface area contributed by atoms with Crippen LogP contribution in [0.15, 0.2) is 28.8 Å². The van der Waals surface area contributed by atoms with Crippen molar-refractivity contribution in [3.63, 3.8) is 0 Å². The Hall–Kier alpha value is -3.03. The Balaban J connectivity index is 1.82. The van der Waals surface area contributed by atoms with E-state index in [4.69, 9.17) is 14.0 Å². The minimum atomic E-state index is -0.315. The van der Waals surface area contributed by atoms with Gasteiger partial charge in [-0.25, -0.2) is 0 Å². The summed E-state index contributed by atoms with van der Waals surface area (Å²) >= 11 is 0. The Kier molecular flexibility index (Phi) is 6.74. The van der Waals surface area contributed by atoms with E-state index in [2.05, 4.69) is 10.5 Å². The predicted octanol–water partition coefficient (Wildman–Crippen LogP) is 3.41. The molecule has 0 spiro atoms. The minimum Gasteiger partial charge on any atom is -0.497 e. The third-order valence-corrected chi connectivity index (χ3v) is 5.12. The van der Waals surface area contributed by atoms with Crippen LogP contribution in [-0.4, -0.2) is 48.7 Å². The predicted molar refractivity (Wildman–Crippen MR) is 107 cm³/mol. The monoisotopic (exact) mass is 401 g/mol. The van der Waals surface area contributed by atoms with Gasteiger partial charge >= 0.3 is 0 Å². The Morgan fingerprint density at radius 3 is 2.55 bits per heavy atom. The van der Waals surface area contributed by atoms with Gasteiger partial charge in [0.1, 0.15) is 23.8 Å². The van der Waals surface area contributed by atoms with Crippen molar-refractivity contribution in [2.45, 2.75) is 45.1 Å². The molecular formula is C21H27N3O5. The highest BCUT2D eigenvalue weighted by atomic mass is 16.5. The number of carbonyl (C=O) groups is 2. The molecule has 1 N–H and O–H groups in total. The first-order valence-electron chi connectivity index (χ1n) is 9.78. The van der Waals surface area contributed by atoms with Crippen molar-refractivity contribution < 1.29 is 23.6 Å². The summed E-state index contributed by atoms with van der Waals surface area (Å²) < 4.78 is 15.6. The zero-order valence-corrected chi connectivity index (χ0v) is 17.1. The van der Waals surface area contributed by atoms with Gasteiger partial charge in [0.15, 0.2) is 5.82 Å². The first kappa shape index (κ1) is 20.7. The Morgan fingerprint density at radius 1 is 1.17 bits per heavy atom. The number of nitrogens with zero attached hydrogens (tertiary/aromatic N) is 2. The molecule has 8 heteroatoms. The van der Waals surface area contributed by atoms with E-state index in [1.807, 2.05) is 0 Å². The minimum absolute atomic E-state index is 0.00727. The molecule has 0 saturated heterocycles. The maximum atomic E-state index is 13.4. The van der Waals surface area contributed by atoms with Gasteiger partial charge in [-0.15, -0.1) is 0 Å². The van der Waals surface area contributed by atoms with Crippen molar-refractivity contribution in [3.05, 3.63) is 35.6 Å². The zero-order valence-electron chi connectivity index (χ0n) is 17.1. The number of hydrogen-bond donors (Lipinski definition) is 1. The van der Waals surface area contributed by atoms with E-state index in [9.17, 15) is 9.59 Å². The molecule has 1 aliphatic carbocycles. The average molecular weight is 401 g/mol. The Bertz CT molecular complexity index is 858. The van der Waals surface area contributed by atoms with Crippen molar-refractivity contribution in [2.24, 2.45) is 0 Å². The molecule has 2 aromatic rings. The first-order chi connectivity index (χ1) is 14.0. The molecule has 0 atom stereocenters. The van der Waals surface area contributed by atoms with Gasteiger partial charge in [0.05, 0.1) is 19.8 Å². The summed E-state index contributed by atoms with van der Waals surface area (Å²) in [5.41, 5.74) is 0.406. The second kappa shape index (κ2) is 9.45. The SMILES string of the molecule is COc1ccc(C(=O)N(CC(=O)Nc2cc(C)on2)C2CCCCC2)c(OC)c1. The normalized spacial score (nSPS) is 14.3. The fourth-order valence-corrected chi connectivity index (χ4v) is 3.65. The molecule has 1 aromatic carbocycles. The number of ether oxygens (including phenoxy) is 2. The number of hydrogen-bond acceptors (Lipinski definition) is 6. The quantitative estimate of drug-likeness (QED) is 0.764. The lowest BCUT2D eigenvalue weighted by molar-refractivity contribution is -0.117. The van der Waals surface area contributed by atoms with Crippen LogP contribution in [0.25, 0.3) is 0 Å². The highest BCUT2D eigenvalue weighted by molar-refractivity contribution is 6.01. The lowest BCUT2D eigenvalue weighted by Crippen LogP contribution is -2.45. The first-order valence-corrected chi connectivity index (χ1v) is 9.78. The smallest absolute Gasteiger partial charge is 0.258 e. The van der Waals surface area contributed by atoms with Gasteiger partial charge in [0.25, 0.3) is 5.91 Å². The number of rotatable bonds is 7. The maximum absolute atomic E-state index is 13.4. The van der Waals surface area contributed by atoms with E-state index in [1.54, 1.807) is 43.2 Å². The molecule has 0 bridgehead atoms. The van der Waals surface area contributed by atoms with Gasteiger partial charge in [-0.3, -0.25) is 9.59 Å². The van der Waals surface area contributed by atoms with Crippen LogP contribution < -0.4 is 14.8 Å². The number of carbonyl (C=O) groups excluding carboxylic acids is 2. The van der Waals surface area contributed by atoms with E-state index in [0.717, 1.165) is 32.1 Å². The summed E-state index contributed by atoms with van der Waals surface area (Å²) in [6.45, 7) is 1.68. The van der Waals surface area contributed by atoms with Gasteiger partial charge in [0, 0.05) is 18.2 Å². The number of anilines is 1. The van der Waals surface area contributed by atoms with E-state index in [-0.39, 0.29) is 24.4 Å². The lowest BCUT2D eigenvalue weighted by atomic mass is 9.93. The molecule has 2 amide bonds. The molecule has 29 heavy (non-hydrogen) atoms. The van der Waals surface area contributed by atoms with Crippen LogP contribution in [0.4, 0.5) is 5.82 Å². The summed E-state index contributed by atoms with van der Waals surface area (Å²) in [6.07, 6.45) is 4.98. The zero-order chi connectivity index (χ0) is 20.8. The lowest BCUT2D eigenvalue weighted by Gasteiger charge is -2.34. The molecule has 0 radical (unpaired) electrons. The summed E-state index contributed by atoms with van der Waals surface area (Å²) in [6, 6.07) is 6.71. The second-order valence-electron chi connectivity index (χ2n) is 7.16. The van der Waals surface area contributed by atoms with Gasteiger partial charge in [0.2, 0.25) is 5.91 Å². The Labute approximate surface area is 170 Å². The van der Waals surface area contributed by atoms with Crippen LogP contribution in [0.2, 0.25) is 0 Å². The molecule has 3 rings (SSSR count). The molecule has 0 aliphatic heterocycles. The van der Waals surface area contributed by atoms with Gasteiger partial charge in [-0.2, -0.15) is 0 Å². The third-order valence-electron chi connectivity index (χ3n) is 5.12. The fraction of sp³-hybridized carbons (Fsp3) is 0.476. The van der Waals surface area contributed by atoms with Crippen molar-refractivity contribution in [3.8, 4) is 11.5 Å². The maximum Gasteiger partial charge on any atom is 0.258 e. The summed E-state index contributed by atoms with van der Waals surface area (Å²) in [4.78, 5) is 27.7. The average Bonchev–Trinajstić information content (AvgIpc) is 3.16. The van der Waals surface area contributed by atoms with Gasteiger partial charge in [-0.1, -0.05) is 24.4 Å². The van der Waals surface area contributed by atoms with E-state index < -0.39 is 0 Å². The summed E-state index contributed by atoms with van der Waals surface area (Å²) in [7, 11) is 3.07. The fourth-order valence-electron chi connectivity index (χ4n) is 3.65. The number of benzene rings is 1.